The zero-order valence-electron chi connectivity index (χ0n) is 17.6. The van der Waals surface area contributed by atoms with Crippen LogP contribution < -0.4 is 10.1 Å². The first-order valence-electron chi connectivity index (χ1n) is 9.91. The van der Waals surface area contributed by atoms with Crippen molar-refractivity contribution in [3.63, 3.8) is 0 Å². The second kappa shape index (κ2) is 8.79. The number of ether oxygens (including phenoxy) is 2. The van der Waals surface area contributed by atoms with Crippen molar-refractivity contribution in [2.45, 2.75) is 38.1 Å². The minimum atomic E-state index is -4.75. The molecule has 0 saturated carbocycles. The monoisotopic (exact) mass is 463 g/mol. The molecule has 1 saturated heterocycles. The van der Waals surface area contributed by atoms with Crippen LogP contribution in [0.4, 0.5) is 18.0 Å². The van der Waals surface area contributed by atoms with Crippen LogP contribution in [0.2, 0.25) is 0 Å². The highest BCUT2D eigenvalue weighted by Crippen LogP contribution is 2.35. The lowest BCUT2D eigenvalue weighted by atomic mass is 10.1. The van der Waals surface area contributed by atoms with Gasteiger partial charge in [0.15, 0.2) is 24.0 Å². The number of benzene rings is 1. The van der Waals surface area contributed by atoms with E-state index in [-0.39, 0.29) is 18.2 Å². The second-order valence-electron chi connectivity index (χ2n) is 7.38. The number of rotatable bonds is 6. The third-order valence-electron chi connectivity index (χ3n) is 5.28. The third kappa shape index (κ3) is 4.52. The fraction of sp³-hybridized carbons (Fsp3) is 0.333. The fourth-order valence-electron chi connectivity index (χ4n) is 3.61. The molecule has 2 aromatic heterocycles. The molecule has 12 heteroatoms. The number of aromatic nitrogens is 3. The number of halogens is 3. The number of nitrogens with one attached hydrogen (secondary N) is 1. The summed E-state index contributed by atoms with van der Waals surface area (Å²) in [4.78, 5) is 25.0. The van der Waals surface area contributed by atoms with Crippen molar-refractivity contribution in [1.82, 2.24) is 25.2 Å². The molecule has 3 heterocycles. The number of pyridine rings is 1. The lowest BCUT2D eigenvalue weighted by Gasteiger charge is -2.26. The van der Waals surface area contributed by atoms with Crippen molar-refractivity contribution in [2.24, 2.45) is 0 Å². The maximum absolute atomic E-state index is 13.2. The molecule has 0 bridgehead atoms. The highest BCUT2D eigenvalue weighted by atomic mass is 19.4. The molecule has 33 heavy (non-hydrogen) atoms. The number of hydrogen-bond donors (Lipinski definition) is 2. The number of nitrogens with zero attached hydrogens (tertiary/aromatic N) is 4. The lowest BCUT2D eigenvalue weighted by Crippen LogP contribution is -2.49. The van der Waals surface area contributed by atoms with Crippen LogP contribution in [0, 0.1) is 0 Å². The molecule has 0 spiro atoms. The van der Waals surface area contributed by atoms with Crippen LogP contribution in [0.1, 0.15) is 30.1 Å². The van der Waals surface area contributed by atoms with E-state index in [1.54, 1.807) is 12.4 Å². The Kier molecular flexibility index (Phi) is 6.04. The number of carbonyl (C=O) groups is 1. The summed E-state index contributed by atoms with van der Waals surface area (Å²) in [6, 6.07) is 7.33. The summed E-state index contributed by atoms with van der Waals surface area (Å²) in [5.74, 6) is -0.702. The second-order valence-corrected chi connectivity index (χ2v) is 7.38. The Hall–Kier alpha value is -3.51. The van der Waals surface area contributed by atoms with Crippen LogP contribution >= 0.6 is 0 Å². The maximum atomic E-state index is 13.2. The number of fused-ring (bicyclic) bond motifs is 1. The molecule has 4 rings (SSSR count). The largest absolute Gasteiger partial charge is 0.481 e. The van der Waals surface area contributed by atoms with E-state index in [0.29, 0.717) is 6.07 Å². The van der Waals surface area contributed by atoms with Gasteiger partial charge in [-0.05, 0) is 17.9 Å². The van der Waals surface area contributed by atoms with Gasteiger partial charge < -0.3 is 14.6 Å². The maximum Gasteiger partial charge on any atom is 0.433 e. The number of cyclic esters (lactones) is 1. The van der Waals surface area contributed by atoms with Gasteiger partial charge in [0.25, 0.3) is 0 Å². The van der Waals surface area contributed by atoms with Crippen LogP contribution in [0.15, 0.2) is 42.7 Å². The molecular formula is C21H20F3N5O4. The van der Waals surface area contributed by atoms with E-state index in [9.17, 15) is 23.1 Å². The van der Waals surface area contributed by atoms with E-state index >= 15 is 0 Å². The molecule has 3 aromatic rings. The summed E-state index contributed by atoms with van der Waals surface area (Å²) in [7, 11) is 1.17. The average molecular weight is 463 g/mol. The van der Waals surface area contributed by atoms with Crippen LogP contribution in [0.5, 0.6) is 5.88 Å². The molecule has 3 atom stereocenters. The van der Waals surface area contributed by atoms with Gasteiger partial charge in [0.1, 0.15) is 0 Å². The van der Waals surface area contributed by atoms with Crippen molar-refractivity contribution >= 4 is 16.9 Å². The molecular weight excluding hydrogens is 443 g/mol. The molecule has 1 fully saturated rings. The molecule has 1 amide bonds. The van der Waals surface area contributed by atoms with Gasteiger partial charge in [-0.2, -0.15) is 18.2 Å². The zero-order chi connectivity index (χ0) is 23.8. The number of hydrogen-bond acceptors (Lipinski definition) is 8. The Morgan fingerprint density at radius 1 is 1.27 bits per heavy atom. The predicted octanol–water partition coefficient (Wildman–Crippen LogP) is 3.00. The smallest absolute Gasteiger partial charge is 0.433 e. The Balaban J connectivity index is 1.53. The van der Waals surface area contributed by atoms with Gasteiger partial charge in [-0.15, -0.1) is 0 Å². The first kappa shape index (κ1) is 22.7. The van der Waals surface area contributed by atoms with Gasteiger partial charge in [-0.3, -0.25) is 15.2 Å². The van der Waals surface area contributed by atoms with Crippen molar-refractivity contribution in [3.8, 4) is 5.88 Å². The molecule has 174 valence electrons. The van der Waals surface area contributed by atoms with Crippen LogP contribution in [-0.4, -0.2) is 50.6 Å². The molecule has 0 radical (unpaired) electrons. The van der Waals surface area contributed by atoms with Crippen LogP contribution in [0.25, 0.3) is 10.8 Å². The standard InChI is InChI=1S/C21H20F3N5O4/c1-11-17(18-27-15(21(22,23)24)7-16(28-18)32-2)33-20(31)29(11)19(30)26-10-13-9-25-8-12-5-3-4-6-14(12)13/h3-9,11,17,19,26,30H,10H2,1-2H3/t11-,17+,19?/m0/s1. The van der Waals surface area contributed by atoms with Crippen molar-refractivity contribution in [3.05, 3.63) is 59.8 Å². The van der Waals surface area contributed by atoms with Crippen molar-refractivity contribution < 1.29 is 32.5 Å². The number of aliphatic hydroxyl groups excluding tert-OH is 1. The summed E-state index contributed by atoms with van der Waals surface area (Å²) < 4.78 is 49.7. The lowest BCUT2D eigenvalue weighted by molar-refractivity contribution is -0.141. The van der Waals surface area contributed by atoms with E-state index in [2.05, 4.69) is 20.3 Å². The minimum absolute atomic E-state index is 0.171. The van der Waals surface area contributed by atoms with Gasteiger partial charge >= 0.3 is 12.3 Å². The van der Waals surface area contributed by atoms with Gasteiger partial charge in [-0.1, -0.05) is 24.3 Å². The SMILES string of the molecule is COc1cc(C(F)(F)F)nc([C@@H]2OC(=O)N(C(O)NCc3cncc4ccccc34)[C@H]2C)n1. The highest BCUT2D eigenvalue weighted by molar-refractivity contribution is 5.84. The van der Waals surface area contributed by atoms with E-state index in [0.717, 1.165) is 21.2 Å². The normalized spacial score (nSPS) is 19.6. The Bertz CT molecular complexity index is 1170. The van der Waals surface area contributed by atoms with Gasteiger partial charge in [-0.25, -0.2) is 9.78 Å². The molecule has 1 unspecified atom stereocenters. The van der Waals surface area contributed by atoms with Crippen LogP contribution in [-0.2, 0) is 17.5 Å². The first-order chi connectivity index (χ1) is 15.7. The van der Waals surface area contributed by atoms with E-state index < -0.39 is 36.5 Å². The predicted molar refractivity (Wildman–Crippen MR) is 109 cm³/mol. The highest BCUT2D eigenvalue weighted by Gasteiger charge is 2.45. The molecule has 1 aliphatic heterocycles. The minimum Gasteiger partial charge on any atom is -0.481 e. The number of methoxy groups -OCH3 is 1. The van der Waals surface area contributed by atoms with Crippen LogP contribution in [0.3, 0.4) is 0 Å². The zero-order valence-corrected chi connectivity index (χ0v) is 17.6. The molecule has 9 nitrogen and oxygen atoms in total. The van der Waals surface area contributed by atoms with E-state index in [1.807, 2.05) is 24.3 Å². The van der Waals surface area contributed by atoms with Crippen molar-refractivity contribution in [1.29, 1.82) is 0 Å². The first-order valence-corrected chi connectivity index (χ1v) is 9.91. The Labute approximate surface area is 186 Å². The summed E-state index contributed by atoms with van der Waals surface area (Å²) in [6.45, 7) is 1.68. The summed E-state index contributed by atoms with van der Waals surface area (Å²) >= 11 is 0. The van der Waals surface area contributed by atoms with E-state index in [1.165, 1.54) is 14.0 Å². The summed E-state index contributed by atoms with van der Waals surface area (Å²) in [5.41, 5.74) is -0.442. The van der Waals surface area contributed by atoms with Gasteiger partial charge in [0.05, 0.1) is 13.2 Å². The Morgan fingerprint density at radius 2 is 2.03 bits per heavy atom. The summed E-state index contributed by atoms with van der Waals surface area (Å²) in [6.07, 6.45) is -5.05. The van der Waals surface area contributed by atoms with Crippen molar-refractivity contribution in [2.75, 3.05) is 7.11 Å². The Morgan fingerprint density at radius 3 is 2.76 bits per heavy atom. The van der Waals surface area contributed by atoms with Gasteiger partial charge in [0.2, 0.25) is 5.88 Å². The number of carbonyl (C=O) groups excluding carboxylic acids is 1. The average Bonchev–Trinajstić information content (AvgIpc) is 3.10. The fourth-order valence-corrected chi connectivity index (χ4v) is 3.61. The quantitative estimate of drug-likeness (QED) is 0.537. The van der Waals surface area contributed by atoms with Gasteiger partial charge in [0, 0.05) is 30.4 Å². The number of alkyl halides is 3. The topological polar surface area (TPSA) is 110 Å². The van der Waals surface area contributed by atoms with E-state index in [4.69, 9.17) is 9.47 Å². The molecule has 1 aromatic carbocycles. The number of aliphatic hydroxyl groups is 1. The number of amides is 1. The molecule has 2 N–H and O–H groups in total. The third-order valence-corrected chi connectivity index (χ3v) is 5.28. The summed E-state index contributed by atoms with van der Waals surface area (Å²) in [5, 5.41) is 15.3. The molecule has 0 aliphatic carbocycles. The molecule has 1 aliphatic rings.